The van der Waals surface area contributed by atoms with Crippen LogP contribution in [0.3, 0.4) is 0 Å². The lowest BCUT2D eigenvalue weighted by molar-refractivity contribution is 0.102. The molecule has 1 aliphatic carbocycles. The second-order valence-electron chi connectivity index (χ2n) is 8.72. The summed E-state index contributed by atoms with van der Waals surface area (Å²) in [6.45, 7) is 3.99. The summed E-state index contributed by atoms with van der Waals surface area (Å²) in [6.07, 6.45) is 5.72. The molecule has 5 rings (SSSR count). The molecule has 172 valence electrons. The quantitative estimate of drug-likeness (QED) is 0.362. The Kier molecular flexibility index (Phi) is 5.71. The van der Waals surface area contributed by atoms with E-state index in [0.29, 0.717) is 17.3 Å². The summed E-state index contributed by atoms with van der Waals surface area (Å²) >= 11 is 0. The number of nitrogens with zero attached hydrogens (tertiary/aromatic N) is 4. The minimum atomic E-state index is -0.142. The van der Waals surface area contributed by atoms with Crippen molar-refractivity contribution in [3.8, 4) is 11.3 Å². The minimum Gasteiger partial charge on any atom is -0.367 e. The van der Waals surface area contributed by atoms with Gasteiger partial charge in [0.1, 0.15) is 18.0 Å². The zero-order valence-electron chi connectivity index (χ0n) is 19.5. The van der Waals surface area contributed by atoms with E-state index < -0.39 is 0 Å². The maximum atomic E-state index is 12.7. The topological polar surface area (TPSA) is 96.8 Å². The Hall–Kier alpha value is -4.20. The van der Waals surface area contributed by atoms with Gasteiger partial charge >= 0.3 is 0 Å². The van der Waals surface area contributed by atoms with Crippen LogP contribution >= 0.6 is 0 Å². The zero-order valence-corrected chi connectivity index (χ0v) is 19.5. The van der Waals surface area contributed by atoms with Crippen molar-refractivity contribution >= 4 is 28.9 Å². The maximum Gasteiger partial charge on any atom is 0.255 e. The number of benzene rings is 2. The number of aryl methyl sites for hydroxylation is 3. The van der Waals surface area contributed by atoms with Crippen molar-refractivity contribution in [1.29, 1.82) is 0 Å². The van der Waals surface area contributed by atoms with Gasteiger partial charge in [0.25, 0.3) is 5.91 Å². The van der Waals surface area contributed by atoms with Crippen LogP contribution in [-0.4, -0.2) is 31.7 Å². The number of hydrogen-bond donors (Lipinski definition) is 3. The van der Waals surface area contributed by atoms with Crippen LogP contribution in [0, 0.1) is 13.8 Å². The molecule has 0 bridgehead atoms. The average molecular weight is 454 g/mol. The number of carbonyl (C=O) groups excluding carboxylic acids is 1. The number of hydrogen-bond acceptors (Lipinski definition) is 6. The Morgan fingerprint density at radius 2 is 1.91 bits per heavy atom. The van der Waals surface area contributed by atoms with E-state index in [1.165, 1.54) is 12.8 Å². The van der Waals surface area contributed by atoms with Crippen molar-refractivity contribution in [1.82, 2.24) is 19.7 Å². The van der Waals surface area contributed by atoms with E-state index in [-0.39, 0.29) is 5.91 Å². The van der Waals surface area contributed by atoms with Crippen LogP contribution in [0.25, 0.3) is 11.3 Å². The lowest BCUT2D eigenvalue weighted by Gasteiger charge is -2.14. The van der Waals surface area contributed by atoms with Crippen LogP contribution < -0.4 is 16.0 Å². The summed E-state index contributed by atoms with van der Waals surface area (Å²) in [4.78, 5) is 21.5. The first-order chi connectivity index (χ1) is 16.5. The molecule has 1 saturated carbocycles. The van der Waals surface area contributed by atoms with E-state index in [1.54, 1.807) is 17.2 Å². The second-order valence-corrected chi connectivity index (χ2v) is 8.72. The summed E-state index contributed by atoms with van der Waals surface area (Å²) in [5.74, 6) is 1.48. The number of carbonyl (C=O) groups is 1. The monoisotopic (exact) mass is 453 g/mol. The van der Waals surface area contributed by atoms with E-state index in [2.05, 4.69) is 31.0 Å². The van der Waals surface area contributed by atoms with Crippen LogP contribution in [0.2, 0.25) is 0 Å². The lowest BCUT2D eigenvalue weighted by Crippen LogP contribution is -2.12. The Morgan fingerprint density at radius 1 is 1.06 bits per heavy atom. The van der Waals surface area contributed by atoms with Crippen LogP contribution in [0.15, 0.2) is 61.1 Å². The number of amides is 1. The van der Waals surface area contributed by atoms with Crippen molar-refractivity contribution in [2.45, 2.75) is 32.7 Å². The molecule has 1 aliphatic rings. The molecule has 0 spiro atoms. The highest BCUT2D eigenvalue weighted by molar-refractivity contribution is 6.04. The van der Waals surface area contributed by atoms with Gasteiger partial charge in [0.15, 0.2) is 0 Å². The summed E-state index contributed by atoms with van der Waals surface area (Å²) < 4.78 is 1.78. The van der Waals surface area contributed by atoms with Crippen LogP contribution in [0.4, 0.5) is 23.0 Å². The highest BCUT2D eigenvalue weighted by atomic mass is 16.1. The maximum absolute atomic E-state index is 12.7. The van der Waals surface area contributed by atoms with E-state index in [9.17, 15) is 4.79 Å². The van der Waals surface area contributed by atoms with Gasteiger partial charge in [0.05, 0.1) is 17.5 Å². The molecule has 3 N–H and O–H groups in total. The second kappa shape index (κ2) is 8.97. The normalized spacial score (nSPS) is 12.9. The van der Waals surface area contributed by atoms with Crippen LogP contribution in [0.1, 0.15) is 34.3 Å². The molecule has 1 fully saturated rings. The van der Waals surface area contributed by atoms with Crippen molar-refractivity contribution in [2.24, 2.45) is 7.05 Å². The first kappa shape index (κ1) is 21.6. The number of aromatic nitrogens is 4. The average Bonchev–Trinajstić information content (AvgIpc) is 3.57. The molecular weight excluding hydrogens is 426 g/mol. The Bertz CT molecular complexity index is 1360. The van der Waals surface area contributed by atoms with Gasteiger partial charge in [0.2, 0.25) is 0 Å². The predicted molar refractivity (Wildman–Crippen MR) is 134 cm³/mol. The number of nitrogens with one attached hydrogen (secondary N) is 3. The van der Waals surface area contributed by atoms with Gasteiger partial charge in [-0.3, -0.25) is 9.48 Å². The lowest BCUT2D eigenvalue weighted by atomic mass is 10.1. The minimum absolute atomic E-state index is 0.142. The standard InChI is InChI=1S/C26H27N7O/c1-16-5-4-6-18(11-16)26(34)31-20-8-7-17(2)22(12-20)32-25-21(14-29-33(25)3)23-13-24(28-15-27-23)30-19-9-10-19/h4-8,11-15,19,32H,9-10H2,1-3H3,(H,31,34)(H,27,28,30). The molecule has 0 aliphatic heterocycles. The molecule has 0 unspecified atom stereocenters. The molecule has 8 heteroatoms. The third-order valence-corrected chi connectivity index (χ3v) is 5.84. The van der Waals surface area contributed by atoms with Crippen LogP contribution in [-0.2, 0) is 7.05 Å². The van der Waals surface area contributed by atoms with E-state index >= 15 is 0 Å². The third-order valence-electron chi connectivity index (χ3n) is 5.84. The third kappa shape index (κ3) is 4.76. The van der Waals surface area contributed by atoms with Crippen molar-refractivity contribution in [3.63, 3.8) is 0 Å². The van der Waals surface area contributed by atoms with Crippen LogP contribution in [0.5, 0.6) is 0 Å². The fourth-order valence-corrected chi connectivity index (χ4v) is 3.75. The zero-order chi connectivity index (χ0) is 23.7. The molecule has 2 aromatic carbocycles. The van der Waals surface area contributed by atoms with Gasteiger partial charge in [-0.2, -0.15) is 5.10 Å². The predicted octanol–water partition coefficient (Wildman–Crippen LogP) is 5.06. The summed E-state index contributed by atoms with van der Waals surface area (Å²) in [5, 5.41) is 14.3. The molecule has 0 saturated heterocycles. The summed E-state index contributed by atoms with van der Waals surface area (Å²) in [5.41, 5.74) is 5.96. The van der Waals surface area contributed by atoms with Crippen molar-refractivity contribution in [2.75, 3.05) is 16.0 Å². The van der Waals surface area contributed by atoms with Crippen molar-refractivity contribution < 1.29 is 4.79 Å². The molecule has 4 aromatic rings. The smallest absolute Gasteiger partial charge is 0.255 e. The van der Waals surface area contributed by atoms with E-state index in [4.69, 9.17) is 0 Å². The highest BCUT2D eigenvalue weighted by Gasteiger charge is 2.22. The fourth-order valence-electron chi connectivity index (χ4n) is 3.75. The number of anilines is 4. The first-order valence-corrected chi connectivity index (χ1v) is 11.3. The molecule has 8 nitrogen and oxygen atoms in total. The highest BCUT2D eigenvalue weighted by Crippen LogP contribution is 2.32. The molecule has 0 atom stereocenters. The van der Waals surface area contributed by atoms with Gasteiger partial charge in [-0.15, -0.1) is 0 Å². The summed E-state index contributed by atoms with van der Waals surface area (Å²) in [6, 6.07) is 15.8. The number of rotatable bonds is 7. The molecule has 2 aromatic heterocycles. The fraction of sp³-hybridized carbons (Fsp3) is 0.231. The van der Waals surface area contributed by atoms with E-state index in [1.807, 2.05) is 69.4 Å². The Labute approximate surface area is 198 Å². The SMILES string of the molecule is Cc1cccc(C(=O)Nc2ccc(C)c(Nc3c(-c4cc(NC5CC5)ncn4)cnn3C)c2)c1. The van der Waals surface area contributed by atoms with Gasteiger partial charge < -0.3 is 16.0 Å². The van der Waals surface area contributed by atoms with Gasteiger partial charge in [-0.05, 0) is 56.5 Å². The summed E-state index contributed by atoms with van der Waals surface area (Å²) in [7, 11) is 1.88. The van der Waals surface area contributed by atoms with Gasteiger partial charge in [0, 0.05) is 36.1 Å². The first-order valence-electron chi connectivity index (χ1n) is 11.3. The van der Waals surface area contributed by atoms with Crippen molar-refractivity contribution in [3.05, 3.63) is 77.7 Å². The molecule has 2 heterocycles. The van der Waals surface area contributed by atoms with E-state index in [0.717, 1.165) is 39.7 Å². The Balaban J connectivity index is 1.40. The molecular formula is C26H27N7O. The van der Waals surface area contributed by atoms with Gasteiger partial charge in [-0.1, -0.05) is 23.8 Å². The molecule has 1 amide bonds. The van der Waals surface area contributed by atoms with Gasteiger partial charge in [-0.25, -0.2) is 9.97 Å². The molecule has 0 radical (unpaired) electrons. The molecule has 34 heavy (non-hydrogen) atoms. The largest absolute Gasteiger partial charge is 0.367 e. The Morgan fingerprint density at radius 3 is 2.71 bits per heavy atom.